The molecule has 0 bridgehead atoms. The molecule has 2 fully saturated rings. The first-order valence-electron chi connectivity index (χ1n) is 14.4. The minimum Gasteiger partial charge on any atom is -0.464 e. The van der Waals surface area contributed by atoms with Crippen molar-refractivity contribution in [1.29, 1.82) is 0 Å². The Morgan fingerprint density at radius 1 is 0.900 bits per heavy atom. The first kappa shape index (κ1) is 28.0. The van der Waals surface area contributed by atoms with Crippen LogP contribution in [0.25, 0.3) is 11.0 Å². The number of hydrogen-bond donors (Lipinski definition) is 0. The molecule has 1 aromatic heterocycles. The molecule has 0 N–H and O–H groups in total. The number of para-hydroxylation sites is 1. The van der Waals surface area contributed by atoms with Crippen LogP contribution in [0.15, 0.2) is 64.0 Å². The highest BCUT2D eigenvalue weighted by Crippen LogP contribution is 2.29. The van der Waals surface area contributed by atoms with E-state index in [1.54, 1.807) is 46.2 Å². The standard InChI is InChI=1S/C32H37FN2O5/c33-26-14-11-24(12-15-26)18-34(19-25-22-40-29-10-4-3-9-28(29)32(25)38)31(37)21-35(20-27-8-5-17-39-27)30(36)16-13-23-6-1-2-7-23/h3-4,9-12,14-15,22-23,27H,1-2,5-8,13,16-21H2. The second kappa shape index (κ2) is 13.2. The van der Waals surface area contributed by atoms with Gasteiger partial charge in [0.05, 0.1) is 36.4 Å². The van der Waals surface area contributed by atoms with Crippen LogP contribution in [0, 0.1) is 11.7 Å². The predicted molar refractivity (Wildman–Crippen MR) is 150 cm³/mol. The van der Waals surface area contributed by atoms with Crippen LogP contribution in [-0.2, 0) is 27.4 Å². The molecule has 0 radical (unpaired) electrons. The summed E-state index contributed by atoms with van der Waals surface area (Å²) >= 11 is 0. The molecular weight excluding hydrogens is 511 g/mol. The SMILES string of the molecule is O=C(CN(CC1CCCO1)C(=O)CCC1CCCC1)N(Cc1ccc(F)cc1)Cc1coc2ccccc2c1=O. The van der Waals surface area contributed by atoms with E-state index in [1.807, 2.05) is 0 Å². The van der Waals surface area contributed by atoms with Crippen LogP contribution in [0.3, 0.4) is 0 Å². The van der Waals surface area contributed by atoms with Gasteiger partial charge < -0.3 is 19.0 Å². The van der Waals surface area contributed by atoms with Crippen molar-refractivity contribution in [3.8, 4) is 0 Å². The number of hydrogen-bond acceptors (Lipinski definition) is 5. The molecule has 2 aliphatic rings. The van der Waals surface area contributed by atoms with Gasteiger partial charge in [-0.2, -0.15) is 0 Å². The van der Waals surface area contributed by atoms with Crippen molar-refractivity contribution < 1.29 is 23.1 Å². The van der Waals surface area contributed by atoms with Crippen molar-refractivity contribution in [1.82, 2.24) is 9.80 Å². The molecule has 2 amide bonds. The molecule has 1 atom stereocenters. The number of carbonyl (C=O) groups is 2. The Kier molecular flexibility index (Phi) is 9.26. The lowest BCUT2D eigenvalue weighted by Crippen LogP contribution is -2.45. The summed E-state index contributed by atoms with van der Waals surface area (Å²) in [6.07, 6.45) is 9.14. The number of ether oxygens (including phenoxy) is 1. The van der Waals surface area contributed by atoms with E-state index in [4.69, 9.17) is 9.15 Å². The Labute approximate surface area is 233 Å². The van der Waals surface area contributed by atoms with E-state index in [1.165, 1.54) is 31.2 Å². The van der Waals surface area contributed by atoms with Crippen molar-refractivity contribution in [3.63, 3.8) is 0 Å². The molecular formula is C32H37FN2O5. The van der Waals surface area contributed by atoms with Crippen molar-refractivity contribution in [2.75, 3.05) is 19.7 Å². The van der Waals surface area contributed by atoms with Gasteiger partial charge in [-0.05, 0) is 55.0 Å². The fourth-order valence-corrected chi connectivity index (χ4v) is 5.81. The Morgan fingerprint density at radius 2 is 1.68 bits per heavy atom. The van der Waals surface area contributed by atoms with Crippen molar-refractivity contribution in [3.05, 3.63) is 82.0 Å². The number of carbonyl (C=O) groups excluding carboxylic acids is 2. The molecule has 1 saturated carbocycles. The van der Waals surface area contributed by atoms with E-state index in [0.29, 0.717) is 42.0 Å². The summed E-state index contributed by atoms with van der Waals surface area (Å²) in [7, 11) is 0. The summed E-state index contributed by atoms with van der Waals surface area (Å²) in [6.45, 7) is 1.10. The lowest BCUT2D eigenvalue weighted by atomic mass is 10.0. The third kappa shape index (κ3) is 7.16. The van der Waals surface area contributed by atoms with Gasteiger partial charge in [0.15, 0.2) is 5.43 Å². The highest BCUT2D eigenvalue weighted by Gasteiger charge is 2.28. The van der Waals surface area contributed by atoms with Crippen molar-refractivity contribution in [2.24, 2.45) is 5.92 Å². The Hall–Kier alpha value is -3.52. The number of amides is 2. The van der Waals surface area contributed by atoms with Crippen LogP contribution in [0.4, 0.5) is 4.39 Å². The first-order chi connectivity index (χ1) is 19.5. The maximum Gasteiger partial charge on any atom is 0.242 e. The number of halogens is 1. The highest BCUT2D eigenvalue weighted by atomic mass is 19.1. The van der Waals surface area contributed by atoms with Gasteiger partial charge in [0.2, 0.25) is 11.8 Å². The molecule has 1 aliphatic heterocycles. The highest BCUT2D eigenvalue weighted by molar-refractivity contribution is 5.85. The van der Waals surface area contributed by atoms with E-state index < -0.39 is 0 Å². The number of fused-ring (bicyclic) bond motifs is 1. The third-order valence-corrected chi connectivity index (χ3v) is 8.12. The third-order valence-electron chi connectivity index (χ3n) is 8.12. The van der Waals surface area contributed by atoms with E-state index in [2.05, 4.69) is 0 Å². The second-order valence-electron chi connectivity index (χ2n) is 11.1. The van der Waals surface area contributed by atoms with Gasteiger partial charge >= 0.3 is 0 Å². The average molecular weight is 549 g/mol. The van der Waals surface area contributed by atoms with Gasteiger partial charge in [-0.3, -0.25) is 14.4 Å². The summed E-state index contributed by atoms with van der Waals surface area (Å²) in [5.74, 6) is -0.120. The zero-order valence-corrected chi connectivity index (χ0v) is 22.9. The normalized spacial score (nSPS) is 17.4. The molecule has 8 heteroatoms. The topological polar surface area (TPSA) is 80.1 Å². The van der Waals surface area contributed by atoms with Crippen LogP contribution in [0.5, 0.6) is 0 Å². The fraction of sp³-hybridized carbons (Fsp3) is 0.469. The second-order valence-corrected chi connectivity index (χ2v) is 11.1. The monoisotopic (exact) mass is 548 g/mol. The van der Waals surface area contributed by atoms with Crippen LogP contribution >= 0.6 is 0 Å². The number of nitrogens with zero attached hydrogens (tertiary/aromatic N) is 2. The fourth-order valence-electron chi connectivity index (χ4n) is 5.81. The average Bonchev–Trinajstić information content (AvgIpc) is 3.68. The van der Waals surface area contributed by atoms with Crippen molar-refractivity contribution >= 4 is 22.8 Å². The minimum absolute atomic E-state index is 0.00735. The molecule has 7 nitrogen and oxygen atoms in total. The summed E-state index contributed by atoms with van der Waals surface area (Å²) in [6, 6.07) is 12.9. The minimum atomic E-state index is -0.368. The quantitative estimate of drug-likeness (QED) is 0.319. The lowest BCUT2D eigenvalue weighted by molar-refractivity contribution is -0.142. The van der Waals surface area contributed by atoms with E-state index in [0.717, 1.165) is 37.7 Å². The van der Waals surface area contributed by atoms with Gasteiger partial charge in [0, 0.05) is 26.1 Å². The molecule has 2 aromatic carbocycles. The van der Waals surface area contributed by atoms with Crippen LogP contribution in [0.2, 0.25) is 0 Å². The molecule has 3 aromatic rings. The summed E-state index contributed by atoms with van der Waals surface area (Å²) in [5.41, 5.74) is 1.33. The molecule has 5 rings (SSSR count). The molecule has 1 unspecified atom stereocenters. The van der Waals surface area contributed by atoms with Gasteiger partial charge in [0.1, 0.15) is 11.4 Å². The largest absolute Gasteiger partial charge is 0.464 e. The molecule has 40 heavy (non-hydrogen) atoms. The summed E-state index contributed by atoms with van der Waals surface area (Å²) in [5, 5.41) is 0.441. The summed E-state index contributed by atoms with van der Waals surface area (Å²) < 4.78 is 25.1. The molecule has 1 aliphatic carbocycles. The van der Waals surface area contributed by atoms with E-state index in [-0.39, 0.29) is 48.8 Å². The number of rotatable bonds is 11. The first-order valence-corrected chi connectivity index (χ1v) is 14.4. The predicted octanol–water partition coefficient (Wildman–Crippen LogP) is 5.44. The number of benzene rings is 2. The van der Waals surface area contributed by atoms with Gasteiger partial charge in [-0.1, -0.05) is 49.9 Å². The molecule has 1 saturated heterocycles. The molecule has 212 valence electrons. The van der Waals surface area contributed by atoms with Crippen molar-refractivity contribution in [2.45, 2.75) is 70.6 Å². The molecule has 2 heterocycles. The maximum absolute atomic E-state index is 13.8. The van der Waals surface area contributed by atoms with Gasteiger partial charge in [-0.15, -0.1) is 0 Å². The van der Waals surface area contributed by atoms with Crippen LogP contribution < -0.4 is 5.43 Å². The zero-order valence-electron chi connectivity index (χ0n) is 22.9. The summed E-state index contributed by atoms with van der Waals surface area (Å²) in [4.78, 5) is 43.6. The van der Waals surface area contributed by atoms with Crippen LogP contribution in [-0.4, -0.2) is 47.4 Å². The van der Waals surface area contributed by atoms with Crippen LogP contribution in [0.1, 0.15) is 62.5 Å². The Balaban J connectivity index is 1.36. The lowest BCUT2D eigenvalue weighted by Gasteiger charge is -2.29. The molecule has 0 spiro atoms. The zero-order chi connectivity index (χ0) is 27.9. The maximum atomic E-state index is 13.8. The van der Waals surface area contributed by atoms with E-state index in [9.17, 15) is 18.8 Å². The van der Waals surface area contributed by atoms with Gasteiger partial charge in [-0.25, -0.2) is 4.39 Å². The van der Waals surface area contributed by atoms with E-state index >= 15 is 0 Å². The smallest absolute Gasteiger partial charge is 0.242 e. The Morgan fingerprint density at radius 3 is 2.42 bits per heavy atom. The Bertz CT molecular complexity index is 1360. The van der Waals surface area contributed by atoms with Gasteiger partial charge in [0.25, 0.3) is 0 Å².